The summed E-state index contributed by atoms with van der Waals surface area (Å²) >= 11 is 0. The topological polar surface area (TPSA) is 131 Å². The van der Waals surface area contributed by atoms with Crippen molar-refractivity contribution in [2.24, 2.45) is 4.99 Å². The average molecular weight is 491 g/mol. The molecule has 0 aliphatic rings. The van der Waals surface area contributed by atoms with Crippen molar-refractivity contribution in [2.75, 3.05) is 18.1 Å². The van der Waals surface area contributed by atoms with E-state index in [1.807, 2.05) is 9.24 Å². The number of anilines is 3. The lowest BCUT2D eigenvalue weighted by Crippen LogP contribution is -2.43. The summed E-state index contributed by atoms with van der Waals surface area (Å²) in [7, 11) is 3.55. The number of hydrogen-bond acceptors (Lipinski definition) is 7. The number of nitrogens with one attached hydrogen (secondary N) is 2. The van der Waals surface area contributed by atoms with Crippen molar-refractivity contribution in [2.45, 2.75) is 20.0 Å². The van der Waals surface area contributed by atoms with Crippen LogP contribution in [0.5, 0.6) is 0 Å². The van der Waals surface area contributed by atoms with Crippen molar-refractivity contribution in [1.82, 2.24) is 14.1 Å². The van der Waals surface area contributed by atoms with Gasteiger partial charge in [-0.1, -0.05) is 0 Å². The second-order valence-corrected chi connectivity index (χ2v) is 8.03. The highest BCUT2D eigenvalue weighted by atomic mass is 31.0. The lowest BCUT2D eigenvalue weighted by atomic mass is 10.1. The average Bonchev–Trinajstić information content (AvgIpc) is 2.75. The highest BCUT2D eigenvalue weighted by Gasteiger charge is 2.18. The van der Waals surface area contributed by atoms with Gasteiger partial charge in [0.25, 0.3) is 0 Å². The minimum absolute atomic E-state index is 0.0152. The van der Waals surface area contributed by atoms with Crippen LogP contribution in [-0.4, -0.2) is 33.1 Å². The van der Waals surface area contributed by atoms with Gasteiger partial charge in [-0.15, -0.1) is 9.24 Å². The predicted molar refractivity (Wildman–Crippen MR) is 129 cm³/mol. The monoisotopic (exact) mass is 491 g/mol. The molecule has 0 aliphatic heterocycles. The van der Waals surface area contributed by atoms with Gasteiger partial charge in [-0.2, -0.15) is 4.98 Å². The first-order valence-electron chi connectivity index (χ1n) is 9.79. The van der Waals surface area contributed by atoms with Crippen LogP contribution in [0.15, 0.2) is 38.8 Å². The zero-order chi connectivity index (χ0) is 25.2. The highest BCUT2D eigenvalue weighted by Crippen LogP contribution is 2.24. The molecular formula is C21H21F3N7O2P. The summed E-state index contributed by atoms with van der Waals surface area (Å²) in [5, 5.41) is 10.2. The van der Waals surface area contributed by atoms with E-state index in [4.69, 9.17) is 11.1 Å². The Morgan fingerprint density at radius 2 is 1.91 bits per heavy atom. The van der Waals surface area contributed by atoms with Crippen LogP contribution in [0.3, 0.4) is 0 Å². The van der Waals surface area contributed by atoms with Crippen LogP contribution in [0.1, 0.15) is 18.1 Å². The van der Waals surface area contributed by atoms with Gasteiger partial charge in [-0.3, -0.25) is 9.56 Å². The molecule has 1 heterocycles. The second-order valence-electron chi connectivity index (χ2n) is 7.41. The third-order valence-electron chi connectivity index (χ3n) is 4.69. The number of halogens is 3. The number of nitrogens with zero attached hydrogens (tertiary/aromatic N) is 4. The maximum atomic E-state index is 14.6. The molecule has 0 aliphatic carbocycles. The van der Waals surface area contributed by atoms with Crippen LogP contribution in [0.4, 0.5) is 30.5 Å². The van der Waals surface area contributed by atoms with E-state index in [2.05, 4.69) is 15.3 Å². The molecule has 0 bridgehead atoms. The van der Waals surface area contributed by atoms with Crippen LogP contribution >= 0.6 is 9.24 Å². The van der Waals surface area contributed by atoms with Gasteiger partial charge in [0.05, 0.1) is 18.8 Å². The zero-order valence-corrected chi connectivity index (χ0v) is 19.3. The Morgan fingerprint density at radius 3 is 2.53 bits per heavy atom. The molecule has 9 nitrogen and oxygen atoms in total. The Morgan fingerprint density at radius 1 is 1.21 bits per heavy atom. The van der Waals surface area contributed by atoms with Crippen molar-refractivity contribution in [3.8, 4) is 0 Å². The number of rotatable bonds is 7. The molecule has 0 saturated carbocycles. The third kappa shape index (κ3) is 5.23. The molecule has 3 rings (SSSR count). The van der Waals surface area contributed by atoms with Gasteiger partial charge in [-0.05, 0) is 36.8 Å². The number of hydrogen-bond donors (Lipinski definition) is 3. The van der Waals surface area contributed by atoms with Crippen LogP contribution < -0.4 is 27.7 Å². The maximum absolute atomic E-state index is 14.6. The molecule has 13 heteroatoms. The summed E-state index contributed by atoms with van der Waals surface area (Å²) in [5.74, 6) is -3.32. The minimum atomic E-state index is -1.13. The predicted octanol–water partition coefficient (Wildman–Crippen LogP) is 1.79. The molecule has 1 unspecified atom stereocenters. The quantitative estimate of drug-likeness (QED) is 0.264. The number of nitrogen functional groups attached to an aromatic ring is 1. The first kappa shape index (κ1) is 24.8. The van der Waals surface area contributed by atoms with E-state index in [1.54, 1.807) is 0 Å². The summed E-state index contributed by atoms with van der Waals surface area (Å²) < 4.78 is 43.9. The highest BCUT2D eigenvalue weighted by molar-refractivity contribution is 7.27. The largest absolute Gasteiger partial charge is 0.398 e. The van der Waals surface area contributed by atoms with Gasteiger partial charge in [-0.25, -0.2) is 27.3 Å². The van der Waals surface area contributed by atoms with Gasteiger partial charge < -0.3 is 16.5 Å². The maximum Gasteiger partial charge on any atom is 0.355 e. The lowest BCUT2D eigenvalue weighted by Gasteiger charge is -2.17. The molecule has 34 heavy (non-hydrogen) atoms. The van der Waals surface area contributed by atoms with E-state index in [9.17, 15) is 22.8 Å². The van der Waals surface area contributed by atoms with E-state index in [0.29, 0.717) is 10.1 Å². The molecule has 1 aromatic heterocycles. The normalized spacial score (nSPS) is 11.2. The SMILES string of the molecule is CN=Cc1cc(Nc2nc(=O)n(CC(C)=N)c(=O)n2Cc2cc(F)c(F)c(P)c2)c(F)cc1N. The van der Waals surface area contributed by atoms with E-state index in [0.717, 1.165) is 16.7 Å². The smallest absolute Gasteiger partial charge is 0.355 e. The molecule has 0 spiro atoms. The summed E-state index contributed by atoms with van der Waals surface area (Å²) in [6, 6.07) is 4.56. The van der Waals surface area contributed by atoms with Crippen molar-refractivity contribution in [1.29, 1.82) is 5.41 Å². The fourth-order valence-electron chi connectivity index (χ4n) is 3.15. The van der Waals surface area contributed by atoms with E-state index < -0.39 is 28.8 Å². The molecule has 0 amide bonds. The Bertz CT molecular complexity index is 1410. The van der Waals surface area contributed by atoms with Crippen LogP contribution in [0.25, 0.3) is 0 Å². The molecule has 3 aromatic rings. The van der Waals surface area contributed by atoms with Crippen molar-refractivity contribution < 1.29 is 13.2 Å². The van der Waals surface area contributed by atoms with Crippen molar-refractivity contribution >= 4 is 43.8 Å². The Labute approximate surface area is 193 Å². The lowest BCUT2D eigenvalue weighted by molar-refractivity contribution is 0.511. The van der Waals surface area contributed by atoms with Gasteiger partial charge >= 0.3 is 11.4 Å². The van der Waals surface area contributed by atoms with E-state index in [1.165, 1.54) is 32.3 Å². The van der Waals surface area contributed by atoms with Crippen LogP contribution in [-0.2, 0) is 13.1 Å². The fourth-order valence-corrected chi connectivity index (χ4v) is 3.51. The van der Waals surface area contributed by atoms with Crippen LogP contribution in [0.2, 0.25) is 0 Å². The van der Waals surface area contributed by atoms with E-state index in [-0.39, 0.29) is 47.0 Å². The van der Waals surface area contributed by atoms with Gasteiger partial charge in [0, 0.05) is 35.5 Å². The Hall–Kier alpha value is -3.79. The number of aliphatic imine (C=N–C) groups is 1. The second kappa shape index (κ2) is 10.0. The fraction of sp³-hybridized carbons (Fsp3) is 0.190. The molecule has 2 aromatic carbocycles. The molecule has 4 N–H and O–H groups in total. The summed E-state index contributed by atoms with van der Waals surface area (Å²) in [6.45, 7) is 0.744. The first-order chi connectivity index (χ1) is 16.0. The molecule has 0 radical (unpaired) electrons. The Balaban J connectivity index is 2.19. The molecular weight excluding hydrogens is 470 g/mol. The van der Waals surface area contributed by atoms with Gasteiger partial charge in [0.1, 0.15) is 5.82 Å². The van der Waals surface area contributed by atoms with E-state index >= 15 is 0 Å². The standard InChI is InChI=1S/C21H21F3N7O2P/c1-10(25)8-31-20(32)29-19(28-16-5-12(7-27-2)15(26)6-13(16)22)30(21(31)33)9-11-3-14(23)18(24)17(34)4-11/h3-7,25H,8-9,26,34H2,1-2H3,(H,28,29,32). The summed E-state index contributed by atoms with van der Waals surface area (Å²) in [4.78, 5) is 33.3. The first-order valence-corrected chi connectivity index (χ1v) is 10.4. The molecule has 178 valence electrons. The van der Waals surface area contributed by atoms with Crippen molar-refractivity contribution in [3.63, 3.8) is 0 Å². The third-order valence-corrected chi connectivity index (χ3v) is 5.11. The number of nitrogens with two attached hydrogens (primary N) is 1. The summed E-state index contributed by atoms with van der Waals surface area (Å²) in [6.07, 6.45) is 1.40. The van der Waals surface area contributed by atoms with Crippen LogP contribution in [0, 0.1) is 22.9 Å². The van der Waals surface area contributed by atoms with Crippen molar-refractivity contribution in [3.05, 3.63) is 73.8 Å². The Kier molecular flexibility index (Phi) is 7.31. The zero-order valence-electron chi connectivity index (χ0n) is 18.2. The summed E-state index contributed by atoms with van der Waals surface area (Å²) in [5.41, 5.74) is 4.47. The number of aromatic nitrogens is 3. The molecule has 1 atom stereocenters. The number of benzene rings is 2. The molecule has 0 saturated heterocycles. The van der Waals surface area contributed by atoms with Gasteiger partial charge in [0.15, 0.2) is 11.6 Å². The minimum Gasteiger partial charge on any atom is -0.398 e. The molecule has 0 fully saturated rings. The van der Waals surface area contributed by atoms with Gasteiger partial charge in [0.2, 0.25) is 5.95 Å².